The Bertz CT molecular complexity index is 1020. The zero-order chi connectivity index (χ0) is 20.2. The molecule has 1 aliphatic rings. The van der Waals surface area contributed by atoms with Gasteiger partial charge in [0, 0.05) is 29.3 Å². The number of carbonyl (C=O) groups is 2. The maximum atomic E-state index is 12.4. The maximum Gasteiger partial charge on any atom is 0.313 e. The fourth-order valence-electron chi connectivity index (χ4n) is 3.71. The van der Waals surface area contributed by atoms with Crippen LogP contribution in [-0.4, -0.2) is 24.9 Å². The van der Waals surface area contributed by atoms with E-state index in [0.29, 0.717) is 12.2 Å². The van der Waals surface area contributed by atoms with Crippen LogP contribution >= 0.6 is 11.3 Å². The minimum absolute atomic E-state index is 0.00521. The van der Waals surface area contributed by atoms with Crippen LogP contribution in [0.4, 0.5) is 11.4 Å². The average Bonchev–Trinajstić information content (AvgIpc) is 3.39. The molecular formula is C23H23N3O2S. The Morgan fingerprint density at radius 1 is 1.07 bits per heavy atom. The van der Waals surface area contributed by atoms with E-state index in [-0.39, 0.29) is 6.04 Å². The van der Waals surface area contributed by atoms with Gasteiger partial charge in [0.2, 0.25) is 0 Å². The van der Waals surface area contributed by atoms with Crippen molar-refractivity contribution in [2.24, 2.45) is 0 Å². The zero-order valence-electron chi connectivity index (χ0n) is 16.2. The predicted molar refractivity (Wildman–Crippen MR) is 117 cm³/mol. The second kappa shape index (κ2) is 8.49. The van der Waals surface area contributed by atoms with Crippen LogP contribution in [0.25, 0.3) is 0 Å². The molecule has 0 spiro atoms. The first kappa shape index (κ1) is 19.2. The number of fused-ring (bicyclic) bond motifs is 1. The molecule has 0 saturated carbocycles. The lowest BCUT2D eigenvalue weighted by Gasteiger charge is -2.30. The van der Waals surface area contributed by atoms with Gasteiger partial charge in [-0.25, -0.2) is 0 Å². The van der Waals surface area contributed by atoms with Crippen molar-refractivity contribution in [2.45, 2.75) is 19.4 Å². The topological polar surface area (TPSA) is 61.4 Å². The number of nitrogens with zero attached hydrogens (tertiary/aromatic N) is 1. The number of hydrogen-bond donors (Lipinski definition) is 2. The first-order chi connectivity index (χ1) is 14.1. The number of anilines is 2. The van der Waals surface area contributed by atoms with Gasteiger partial charge in [-0.1, -0.05) is 36.4 Å². The summed E-state index contributed by atoms with van der Waals surface area (Å²) in [7, 11) is 0. The third kappa shape index (κ3) is 4.32. The number of carbonyl (C=O) groups excluding carboxylic acids is 2. The van der Waals surface area contributed by atoms with Crippen molar-refractivity contribution in [1.29, 1.82) is 0 Å². The summed E-state index contributed by atoms with van der Waals surface area (Å²) in [5.74, 6) is -1.28. The monoisotopic (exact) mass is 405 g/mol. The summed E-state index contributed by atoms with van der Waals surface area (Å²) >= 11 is 1.66. The number of para-hydroxylation sites is 1. The first-order valence-electron chi connectivity index (χ1n) is 9.65. The largest absolute Gasteiger partial charge is 0.361 e. The third-order valence-corrected chi connectivity index (χ3v) is 6.08. The van der Waals surface area contributed by atoms with Crippen molar-refractivity contribution in [3.63, 3.8) is 0 Å². The summed E-state index contributed by atoms with van der Waals surface area (Å²) in [5, 5.41) is 7.53. The maximum absolute atomic E-state index is 12.4. The van der Waals surface area contributed by atoms with Gasteiger partial charge < -0.3 is 15.5 Å². The Morgan fingerprint density at radius 3 is 2.72 bits per heavy atom. The number of amides is 2. The van der Waals surface area contributed by atoms with E-state index < -0.39 is 11.8 Å². The van der Waals surface area contributed by atoms with E-state index >= 15 is 0 Å². The van der Waals surface area contributed by atoms with E-state index in [0.717, 1.165) is 18.5 Å². The summed E-state index contributed by atoms with van der Waals surface area (Å²) in [6, 6.07) is 19.8. The van der Waals surface area contributed by atoms with Crippen LogP contribution in [0.2, 0.25) is 0 Å². The molecule has 2 amide bonds. The molecule has 5 nitrogen and oxygen atoms in total. The van der Waals surface area contributed by atoms with E-state index in [1.54, 1.807) is 17.4 Å². The van der Waals surface area contributed by atoms with Gasteiger partial charge >= 0.3 is 11.8 Å². The van der Waals surface area contributed by atoms with E-state index in [9.17, 15) is 9.59 Å². The molecule has 148 valence electrons. The SMILES string of the molecule is Cc1cccc(NC(=O)C(=O)NCC(c2cccs2)N2CCc3ccccc32)c1. The summed E-state index contributed by atoms with van der Waals surface area (Å²) in [5.41, 5.74) is 4.16. The molecule has 0 saturated heterocycles. The number of hydrogen-bond acceptors (Lipinski definition) is 4. The molecule has 2 aromatic carbocycles. The molecule has 29 heavy (non-hydrogen) atoms. The smallest absolute Gasteiger partial charge is 0.313 e. The van der Waals surface area contributed by atoms with Crippen molar-refractivity contribution in [2.75, 3.05) is 23.3 Å². The van der Waals surface area contributed by atoms with Crippen molar-refractivity contribution in [1.82, 2.24) is 5.32 Å². The van der Waals surface area contributed by atoms with Gasteiger partial charge in [0.15, 0.2) is 0 Å². The lowest BCUT2D eigenvalue weighted by atomic mass is 10.1. The molecule has 3 aromatic rings. The Labute approximate surface area is 174 Å². The quantitative estimate of drug-likeness (QED) is 0.633. The highest BCUT2D eigenvalue weighted by Gasteiger charge is 2.28. The lowest BCUT2D eigenvalue weighted by Crippen LogP contribution is -2.41. The summed E-state index contributed by atoms with van der Waals surface area (Å²) in [6.07, 6.45) is 0.986. The van der Waals surface area contributed by atoms with E-state index in [1.165, 1.54) is 16.1 Å². The van der Waals surface area contributed by atoms with Crippen LogP contribution in [0.3, 0.4) is 0 Å². The highest BCUT2D eigenvalue weighted by molar-refractivity contribution is 7.10. The molecule has 6 heteroatoms. The van der Waals surface area contributed by atoms with Crippen molar-refractivity contribution in [3.05, 3.63) is 82.0 Å². The number of nitrogens with one attached hydrogen (secondary N) is 2. The highest BCUT2D eigenvalue weighted by Crippen LogP contribution is 2.36. The van der Waals surface area contributed by atoms with Gasteiger partial charge in [-0.3, -0.25) is 9.59 Å². The van der Waals surface area contributed by atoms with Gasteiger partial charge in [-0.15, -0.1) is 11.3 Å². The van der Waals surface area contributed by atoms with Gasteiger partial charge in [-0.2, -0.15) is 0 Å². The minimum Gasteiger partial charge on any atom is -0.361 e. The van der Waals surface area contributed by atoms with E-state index in [1.807, 2.05) is 42.6 Å². The molecule has 0 aliphatic carbocycles. The zero-order valence-corrected chi connectivity index (χ0v) is 17.0. The second-order valence-electron chi connectivity index (χ2n) is 7.14. The summed E-state index contributed by atoms with van der Waals surface area (Å²) < 4.78 is 0. The molecule has 0 fully saturated rings. The number of thiophene rings is 1. The fourth-order valence-corrected chi connectivity index (χ4v) is 4.55. The Morgan fingerprint density at radius 2 is 1.93 bits per heavy atom. The average molecular weight is 406 g/mol. The molecule has 1 unspecified atom stereocenters. The standard InChI is InChI=1S/C23H23N3O2S/c1-16-6-4-8-18(14-16)25-23(28)22(27)24-15-20(21-10-5-13-29-21)26-12-11-17-7-2-3-9-19(17)26/h2-10,13-14,20H,11-12,15H2,1H3,(H,24,27)(H,25,28). The van der Waals surface area contributed by atoms with E-state index in [2.05, 4.69) is 39.8 Å². The van der Waals surface area contributed by atoms with Crippen LogP contribution in [-0.2, 0) is 16.0 Å². The number of aryl methyl sites for hydroxylation is 1. The number of benzene rings is 2. The van der Waals surface area contributed by atoms with Crippen molar-refractivity contribution < 1.29 is 9.59 Å². The first-order valence-corrected chi connectivity index (χ1v) is 10.5. The van der Waals surface area contributed by atoms with Crippen LogP contribution < -0.4 is 15.5 Å². The van der Waals surface area contributed by atoms with Crippen LogP contribution in [0, 0.1) is 6.92 Å². The predicted octanol–water partition coefficient (Wildman–Crippen LogP) is 3.92. The van der Waals surface area contributed by atoms with Crippen LogP contribution in [0.15, 0.2) is 66.0 Å². The Balaban J connectivity index is 1.45. The second-order valence-corrected chi connectivity index (χ2v) is 8.12. The molecule has 4 rings (SSSR count). The lowest BCUT2D eigenvalue weighted by molar-refractivity contribution is -0.136. The normalized spacial score (nSPS) is 13.6. The molecule has 1 aliphatic heterocycles. The molecular weight excluding hydrogens is 382 g/mol. The highest BCUT2D eigenvalue weighted by atomic mass is 32.1. The minimum atomic E-state index is -0.651. The Kier molecular flexibility index (Phi) is 5.62. The van der Waals surface area contributed by atoms with Crippen molar-refractivity contribution in [3.8, 4) is 0 Å². The third-order valence-electron chi connectivity index (χ3n) is 5.11. The van der Waals surface area contributed by atoms with Crippen molar-refractivity contribution >= 4 is 34.5 Å². The summed E-state index contributed by atoms with van der Waals surface area (Å²) in [6.45, 7) is 3.21. The molecule has 0 radical (unpaired) electrons. The van der Waals surface area contributed by atoms with Gasteiger partial charge in [0.1, 0.15) is 0 Å². The molecule has 0 bridgehead atoms. The molecule has 1 aromatic heterocycles. The van der Waals surface area contributed by atoms with Gasteiger partial charge in [-0.05, 0) is 54.1 Å². The molecule has 2 N–H and O–H groups in total. The molecule has 1 atom stereocenters. The van der Waals surface area contributed by atoms with Crippen LogP contribution in [0.1, 0.15) is 22.0 Å². The number of rotatable bonds is 5. The fraction of sp³-hybridized carbons (Fsp3) is 0.217. The Hall–Kier alpha value is -3.12. The van der Waals surface area contributed by atoms with E-state index in [4.69, 9.17) is 0 Å². The summed E-state index contributed by atoms with van der Waals surface area (Å²) in [4.78, 5) is 28.2. The van der Waals surface area contributed by atoms with Gasteiger partial charge in [0.05, 0.1) is 6.04 Å². The molecule has 2 heterocycles. The van der Waals surface area contributed by atoms with Crippen LogP contribution in [0.5, 0.6) is 0 Å². The van der Waals surface area contributed by atoms with Gasteiger partial charge in [0.25, 0.3) is 0 Å².